The van der Waals surface area contributed by atoms with Crippen LogP contribution >= 0.6 is 0 Å². The van der Waals surface area contributed by atoms with Gasteiger partial charge in [0.15, 0.2) is 0 Å². The first-order valence-electron chi connectivity index (χ1n) is 10.3. The minimum absolute atomic E-state index is 0.0591. The second-order valence-corrected chi connectivity index (χ2v) is 7.43. The van der Waals surface area contributed by atoms with Gasteiger partial charge in [0.25, 0.3) is 0 Å². The maximum atomic E-state index is 12.7. The average Bonchev–Trinajstić information content (AvgIpc) is 3.03. The Bertz CT molecular complexity index is 878. The second kappa shape index (κ2) is 9.43. The molecule has 0 unspecified atom stereocenters. The van der Waals surface area contributed by atoms with E-state index in [1.165, 1.54) is 12.8 Å². The first kappa shape index (κ1) is 19.3. The van der Waals surface area contributed by atoms with Crippen LogP contribution in [-0.4, -0.2) is 40.4 Å². The summed E-state index contributed by atoms with van der Waals surface area (Å²) >= 11 is 0. The Morgan fingerprint density at radius 2 is 1.31 bits per heavy atom. The summed E-state index contributed by atoms with van der Waals surface area (Å²) in [4.78, 5) is 24.1. The van der Waals surface area contributed by atoms with Crippen LogP contribution in [0.2, 0.25) is 0 Å². The van der Waals surface area contributed by atoms with Crippen LogP contribution in [0, 0.1) is 0 Å². The van der Waals surface area contributed by atoms with Gasteiger partial charge in [0.2, 0.25) is 11.9 Å². The van der Waals surface area contributed by atoms with E-state index >= 15 is 0 Å². The molecule has 2 heterocycles. The van der Waals surface area contributed by atoms with Crippen LogP contribution < -0.4 is 5.32 Å². The van der Waals surface area contributed by atoms with Gasteiger partial charge in [-0.15, -0.1) is 0 Å². The Morgan fingerprint density at radius 3 is 1.83 bits per heavy atom. The van der Waals surface area contributed by atoms with Gasteiger partial charge in [0.05, 0.1) is 17.9 Å². The summed E-state index contributed by atoms with van der Waals surface area (Å²) in [6.07, 6.45) is 4.82. The Labute approximate surface area is 171 Å². The molecule has 0 spiro atoms. The normalized spacial score (nSPS) is 14.9. The summed E-state index contributed by atoms with van der Waals surface area (Å²) in [6.45, 7) is 2.35. The first-order valence-corrected chi connectivity index (χ1v) is 10.3. The van der Waals surface area contributed by atoms with Crippen LogP contribution in [0.25, 0.3) is 22.5 Å². The van der Waals surface area contributed by atoms with E-state index < -0.39 is 0 Å². The average molecular weight is 386 g/mol. The number of likely N-dealkylation sites (tertiary alicyclic amines) is 1. The standard InChI is InChI=1S/C24H26N4O/c29-23(18-28-15-9-1-2-10-16-28)27-24-25-21(19-11-5-3-6-12-19)17-22(26-24)20-13-7-4-8-14-20/h3-8,11-14,17H,1-2,9-10,15-16,18H2,(H,25,26,27,29). The van der Waals surface area contributed by atoms with Crippen molar-refractivity contribution < 1.29 is 4.79 Å². The van der Waals surface area contributed by atoms with Crippen LogP contribution in [0.4, 0.5) is 5.95 Å². The zero-order chi connectivity index (χ0) is 19.9. The van der Waals surface area contributed by atoms with Crippen LogP contribution in [0.1, 0.15) is 25.7 Å². The summed E-state index contributed by atoms with van der Waals surface area (Å²) in [5, 5.41) is 2.93. The Kier molecular flexibility index (Phi) is 6.27. The van der Waals surface area contributed by atoms with E-state index in [1.807, 2.05) is 66.7 Å². The van der Waals surface area contributed by atoms with Gasteiger partial charge in [-0.3, -0.25) is 15.0 Å². The zero-order valence-electron chi connectivity index (χ0n) is 16.6. The molecule has 1 aliphatic rings. The van der Waals surface area contributed by atoms with Gasteiger partial charge in [-0.05, 0) is 32.0 Å². The molecule has 0 atom stereocenters. The molecule has 3 aromatic rings. The summed E-state index contributed by atoms with van der Waals surface area (Å²) in [6, 6.07) is 21.9. The molecule has 0 radical (unpaired) electrons. The van der Waals surface area contributed by atoms with Crippen molar-refractivity contribution in [3.05, 3.63) is 66.7 Å². The number of nitrogens with zero attached hydrogens (tertiary/aromatic N) is 3. The highest BCUT2D eigenvalue weighted by Crippen LogP contribution is 2.25. The minimum Gasteiger partial charge on any atom is -0.295 e. The summed E-state index contributed by atoms with van der Waals surface area (Å²) < 4.78 is 0. The summed E-state index contributed by atoms with van der Waals surface area (Å²) in [5.41, 5.74) is 3.58. The van der Waals surface area contributed by atoms with Crippen molar-refractivity contribution in [2.45, 2.75) is 25.7 Å². The fourth-order valence-corrected chi connectivity index (χ4v) is 3.68. The largest absolute Gasteiger partial charge is 0.295 e. The third kappa shape index (κ3) is 5.27. The Hall–Kier alpha value is -3.05. The highest BCUT2D eigenvalue weighted by atomic mass is 16.2. The predicted octanol–water partition coefficient (Wildman–Crippen LogP) is 4.63. The van der Waals surface area contributed by atoms with Gasteiger partial charge in [-0.2, -0.15) is 0 Å². The fourth-order valence-electron chi connectivity index (χ4n) is 3.68. The molecule has 29 heavy (non-hydrogen) atoms. The number of hydrogen-bond acceptors (Lipinski definition) is 4. The molecule has 5 heteroatoms. The molecule has 0 saturated carbocycles. The SMILES string of the molecule is O=C(CN1CCCCCC1)Nc1nc(-c2ccccc2)cc(-c2ccccc2)n1. The molecule has 0 aliphatic carbocycles. The quantitative estimate of drug-likeness (QED) is 0.695. The number of aromatic nitrogens is 2. The van der Waals surface area contributed by atoms with Crippen molar-refractivity contribution in [1.29, 1.82) is 0 Å². The number of hydrogen-bond donors (Lipinski definition) is 1. The van der Waals surface area contributed by atoms with Crippen LogP contribution in [0.3, 0.4) is 0 Å². The third-order valence-corrected chi connectivity index (χ3v) is 5.18. The van der Waals surface area contributed by atoms with Crippen molar-refractivity contribution >= 4 is 11.9 Å². The van der Waals surface area contributed by atoms with E-state index in [4.69, 9.17) is 0 Å². The summed E-state index contributed by atoms with van der Waals surface area (Å²) in [5.74, 6) is 0.293. The molecule has 1 N–H and O–H groups in total. The van der Waals surface area contributed by atoms with E-state index in [1.54, 1.807) is 0 Å². The lowest BCUT2D eigenvalue weighted by atomic mass is 10.1. The lowest BCUT2D eigenvalue weighted by Crippen LogP contribution is -2.34. The van der Waals surface area contributed by atoms with E-state index in [0.717, 1.165) is 48.4 Å². The van der Waals surface area contributed by atoms with Crippen molar-refractivity contribution in [3.8, 4) is 22.5 Å². The fraction of sp³-hybridized carbons (Fsp3) is 0.292. The number of carbonyl (C=O) groups excluding carboxylic acids is 1. The zero-order valence-corrected chi connectivity index (χ0v) is 16.6. The van der Waals surface area contributed by atoms with Gasteiger partial charge in [-0.1, -0.05) is 73.5 Å². The van der Waals surface area contributed by atoms with Crippen molar-refractivity contribution in [2.75, 3.05) is 25.0 Å². The van der Waals surface area contributed by atoms with E-state index in [-0.39, 0.29) is 5.91 Å². The maximum absolute atomic E-state index is 12.7. The highest BCUT2D eigenvalue weighted by molar-refractivity contribution is 5.91. The molecule has 5 nitrogen and oxygen atoms in total. The molecule has 1 aliphatic heterocycles. The molecule has 1 amide bonds. The van der Waals surface area contributed by atoms with Crippen molar-refractivity contribution in [2.24, 2.45) is 0 Å². The number of carbonyl (C=O) groups is 1. The summed E-state index contributed by atoms with van der Waals surface area (Å²) in [7, 11) is 0. The minimum atomic E-state index is -0.0591. The third-order valence-electron chi connectivity index (χ3n) is 5.18. The predicted molar refractivity (Wildman–Crippen MR) is 116 cm³/mol. The number of anilines is 1. The van der Waals surface area contributed by atoms with E-state index in [2.05, 4.69) is 20.2 Å². The smallest absolute Gasteiger partial charge is 0.240 e. The van der Waals surface area contributed by atoms with Gasteiger partial charge in [0.1, 0.15) is 0 Å². The number of amides is 1. The lowest BCUT2D eigenvalue weighted by Gasteiger charge is -2.18. The highest BCUT2D eigenvalue weighted by Gasteiger charge is 2.15. The van der Waals surface area contributed by atoms with E-state index in [9.17, 15) is 4.79 Å². The molecular weight excluding hydrogens is 360 g/mol. The van der Waals surface area contributed by atoms with Crippen LogP contribution in [0.15, 0.2) is 66.7 Å². The number of rotatable bonds is 5. The van der Waals surface area contributed by atoms with Gasteiger partial charge >= 0.3 is 0 Å². The molecule has 2 aromatic carbocycles. The molecular formula is C24H26N4O. The monoisotopic (exact) mass is 386 g/mol. The van der Waals surface area contributed by atoms with Gasteiger partial charge in [-0.25, -0.2) is 9.97 Å². The number of benzene rings is 2. The van der Waals surface area contributed by atoms with Crippen molar-refractivity contribution in [3.63, 3.8) is 0 Å². The van der Waals surface area contributed by atoms with Gasteiger partial charge < -0.3 is 0 Å². The maximum Gasteiger partial charge on any atom is 0.240 e. The Morgan fingerprint density at radius 1 is 0.793 bits per heavy atom. The lowest BCUT2D eigenvalue weighted by molar-refractivity contribution is -0.117. The topological polar surface area (TPSA) is 58.1 Å². The van der Waals surface area contributed by atoms with Crippen LogP contribution in [-0.2, 0) is 4.79 Å². The first-order chi connectivity index (χ1) is 14.3. The molecule has 4 rings (SSSR count). The number of nitrogens with one attached hydrogen (secondary N) is 1. The van der Waals surface area contributed by atoms with E-state index in [0.29, 0.717) is 12.5 Å². The molecule has 148 valence electrons. The molecule has 0 bridgehead atoms. The Balaban J connectivity index is 1.59. The van der Waals surface area contributed by atoms with Crippen LogP contribution in [0.5, 0.6) is 0 Å². The molecule has 1 saturated heterocycles. The molecule has 1 aromatic heterocycles. The molecule has 1 fully saturated rings. The van der Waals surface area contributed by atoms with Gasteiger partial charge in [0, 0.05) is 11.1 Å². The second-order valence-electron chi connectivity index (χ2n) is 7.43. The van der Waals surface area contributed by atoms with Crippen molar-refractivity contribution in [1.82, 2.24) is 14.9 Å².